The summed E-state index contributed by atoms with van der Waals surface area (Å²) in [5.74, 6) is -1.40. The number of esters is 1. The van der Waals surface area contributed by atoms with Gasteiger partial charge in [0.25, 0.3) is 0 Å². The van der Waals surface area contributed by atoms with Crippen LogP contribution in [-0.2, 0) is 4.74 Å². The summed E-state index contributed by atoms with van der Waals surface area (Å²) in [6.07, 6.45) is -4.90. The Morgan fingerprint density at radius 1 is 1.42 bits per heavy atom. The molecule has 0 N–H and O–H groups in total. The summed E-state index contributed by atoms with van der Waals surface area (Å²) < 4.78 is 45.1. The van der Waals surface area contributed by atoms with Crippen molar-refractivity contribution in [1.29, 1.82) is 5.26 Å². The van der Waals surface area contributed by atoms with Crippen molar-refractivity contribution in [3.8, 4) is 11.8 Å². The average molecular weight is 273 g/mol. The van der Waals surface area contributed by atoms with Gasteiger partial charge >= 0.3 is 12.3 Å². The van der Waals surface area contributed by atoms with Gasteiger partial charge in [-0.2, -0.15) is 5.26 Å². The van der Waals surface area contributed by atoms with Gasteiger partial charge in [-0.25, -0.2) is 4.79 Å². The van der Waals surface area contributed by atoms with Gasteiger partial charge in [0, 0.05) is 5.56 Å². The first kappa shape index (κ1) is 14.8. The molecule has 0 saturated carbocycles. The van der Waals surface area contributed by atoms with Crippen LogP contribution in [0.3, 0.4) is 0 Å². The van der Waals surface area contributed by atoms with Crippen LogP contribution in [0.5, 0.6) is 5.75 Å². The zero-order chi connectivity index (χ0) is 14.6. The Bertz CT molecular complexity index is 532. The molecule has 0 heterocycles. The number of nitrogens with zero attached hydrogens (tertiary/aromatic N) is 1. The Morgan fingerprint density at radius 3 is 2.53 bits per heavy atom. The molecule has 0 aliphatic carbocycles. The van der Waals surface area contributed by atoms with Gasteiger partial charge in [0.1, 0.15) is 5.75 Å². The normalized spacial score (nSPS) is 10.7. The molecule has 0 aliphatic heterocycles. The van der Waals surface area contributed by atoms with Gasteiger partial charge < -0.3 is 9.47 Å². The van der Waals surface area contributed by atoms with Gasteiger partial charge in [0.2, 0.25) is 0 Å². The van der Waals surface area contributed by atoms with Crippen LogP contribution in [0.4, 0.5) is 13.2 Å². The molecule has 4 nitrogen and oxygen atoms in total. The summed E-state index contributed by atoms with van der Waals surface area (Å²) in [5, 5.41) is 8.84. The number of benzene rings is 1. The molecule has 0 atom stereocenters. The number of hydrogen-bond acceptors (Lipinski definition) is 4. The number of alkyl halides is 3. The molecule has 1 aromatic rings. The maximum absolute atomic E-state index is 12.2. The van der Waals surface area contributed by atoms with E-state index in [4.69, 9.17) is 5.26 Å². The first-order chi connectivity index (χ1) is 8.78. The number of hydrogen-bond donors (Lipinski definition) is 0. The molecule has 0 unspecified atom stereocenters. The van der Waals surface area contributed by atoms with E-state index >= 15 is 0 Å². The van der Waals surface area contributed by atoms with Gasteiger partial charge in [0.15, 0.2) is 0 Å². The lowest BCUT2D eigenvalue weighted by atomic mass is 10.0. The van der Waals surface area contributed by atoms with Gasteiger partial charge in [-0.1, -0.05) is 0 Å². The summed E-state index contributed by atoms with van der Waals surface area (Å²) in [4.78, 5) is 11.5. The lowest BCUT2D eigenvalue weighted by Crippen LogP contribution is -2.18. The molecule has 0 fully saturated rings. The molecule has 0 saturated heterocycles. The predicted octanol–water partition coefficient (Wildman–Crippen LogP) is 2.94. The molecule has 0 aromatic heterocycles. The predicted molar refractivity (Wildman–Crippen MR) is 58.5 cm³/mol. The zero-order valence-corrected chi connectivity index (χ0v) is 10.2. The van der Waals surface area contributed by atoms with Crippen LogP contribution < -0.4 is 4.74 Å². The topological polar surface area (TPSA) is 59.3 Å². The van der Waals surface area contributed by atoms with Gasteiger partial charge in [-0.15, -0.1) is 13.2 Å². The second-order valence-corrected chi connectivity index (χ2v) is 3.53. The van der Waals surface area contributed by atoms with Crippen LogP contribution >= 0.6 is 0 Å². The van der Waals surface area contributed by atoms with Crippen LogP contribution in [-0.4, -0.2) is 18.9 Å². The highest BCUT2D eigenvalue weighted by atomic mass is 19.4. The molecule has 1 aromatic carbocycles. The van der Waals surface area contributed by atoms with E-state index in [2.05, 4.69) is 9.47 Å². The van der Waals surface area contributed by atoms with E-state index in [1.807, 2.05) is 0 Å². The first-order valence-electron chi connectivity index (χ1n) is 5.26. The van der Waals surface area contributed by atoms with E-state index < -0.39 is 18.1 Å². The zero-order valence-electron chi connectivity index (χ0n) is 10.2. The standard InChI is InChI=1S/C12H10F3NO3/c1-3-18-11(17)8-4-9(6-16)7(2)10(5-8)19-12(13,14)15/h4-5H,3H2,1-2H3. The molecule has 1 rings (SSSR count). The minimum absolute atomic E-state index is 0.00729. The minimum Gasteiger partial charge on any atom is -0.462 e. The minimum atomic E-state index is -4.90. The smallest absolute Gasteiger partial charge is 0.462 e. The lowest BCUT2D eigenvalue weighted by molar-refractivity contribution is -0.274. The number of carbonyl (C=O) groups excluding carboxylic acids is 1. The van der Waals surface area contributed by atoms with E-state index in [9.17, 15) is 18.0 Å². The number of halogens is 3. The van der Waals surface area contributed by atoms with E-state index in [-0.39, 0.29) is 23.3 Å². The van der Waals surface area contributed by atoms with Crippen molar-refractivity contribution in [2.45, 2.75) is 20.2 Å². The van der Waals surface area contributed by atoms with Crippen molar-refractivity contribution in [2.24, 2.45) is 0 Å². The molecule has 7 heteroatoms. The molecule has 0 spiro atoms. The Labute approximate surface area is 107 Å². The maximum atomic E-state index is 12.2. The Hall–Kier alpha value is -2.23. The quantitative estimate of drug-likeness (QED) is 0.794. The monoisotopic (exact) mass is 273 g/mol. The SMILES string of the molecule is CCOC(=O)c1cc(C#N)c(C)c(OC(F)(F)F)c1. The van der Waals surface area contributed by atoms with Gasteiger partial charge in [-0.05, 0) is 26.0 Å². The Kier molecular flexibility index (Phi) is 4.38. The van der Waals surface area contributed by atoms with Crippen LogP contribution in [0.15, 0.2) is 12.1 Å². The first-order valence-corrected chi connectivity index (χ1v) is 5.26. The average Bonchev–Trinajstić information content (AvgIpc) is 2.30. The largest absolute Gasteiger partial charge is 0.573 e. The number of nitriles is 1. The summed E-state index contributed by atoms with van der Waals surface area (Å²) in [5.41, 5.74) is -0.235. The van der Waals surface area contributed by atoms with E-state index in [1.165, 1.54) is 6.92 Å². The molecular weight excluding hydrogens is 263 g/mol. The third kappa shape index (κ3) is 3.88. The van der Waals surface area contributed by atoms with E-state index in [1.54, 1.807) is 13.0 Å². The van der Waals surface area contributed by atoms with Crippen molar-refractivity contribution in [2.75, 3.05) is 6.61 Å². The van der Waals surface area contributed by atoms with Crippen LogP contribution in [0.2, 0.25) is 0 Å². The Morgan fingerprint density at radius 2 is 2.05 bits per heavy atom. The van der Waals surface area contributed by atoms with Gasteiger partial charge in [-0.3, -0.25) is 0 Å². The molecule has 0 radical (unpaired) electrons. The third-order valence-corrected chi connectivity index (χ3v) is 2.22. The fraction of sp³-hybridized carbons (Fsp3) is 0.333. The summed E-state index contributed by atoms with van der Waals surface area (Å²) in [7, 11) is 0. The molecule has 102 valence electrons. The molecular formula is C12H10F3NO3. The second kappa shape index (κ2) is 5.61. The summed E-state index contributed by atoms with van der Waals surface area (Å²) in [6.45, 7) is 2.93. The fourth-order valence-electron chi connectivity index (χ4n) is 1.37. The van der Waals surface area contributed by atoms with Crippen LogP contribution in [0, 0.1) is 18.3 Å². The summed E-state index contributed by atoms with van der Waals surface area (Å²) >= 11 is 0. The lowest BCUT2D eigenvalue weighted by Gasteiger charge is -2.13. The van der Waals surface area contributed by atoms with E-state index in [0.29, 0.717) is 0 Å². The molecule has 0 aliphatic rings. The molecule has 19 heavy (non-hydrogen) atoms. The number of ether oxygens (including phenoxy) is 2. The van der Waals surface area contributed by atoms with Crippen molar-refractivity contribution in [3.05, 3.63) is 28.8 Å². The van der Waals surface area contributed by atoms with Crippen molar-refractivity contribution in [1.82, 2.24) is 0 Å². The van der Waals surface area contributed by atoms with Crippen LogP contribution in [0.1, 0.15) is 28.4 Å². The van der Waals surface area contributed by atoms with E-state index in [0.717, 1.165) is 12.1 Å². The Balaban J connectivity index is 3.27. The highest BCUT2D eigenvalue weighted by Crippen LogP contribution is 2.29. The van der Waals surface area contributed by atoms with Crippen LogP contribution in [0.25, 0.3) is 0 Å². The number of rotatable bonds is 3. The second-order valence-electron chi connectivity index (χ2n) is 3.53. The molecule has 0 bridgehead atoms. The highest BCUT2D eigenvalue weighted by Gasteiger charge is 2.32. The van der Waals surface area contributed by atoms with Crippen molar-refractivity contribution in [3.63, 3.8) is 0 Å². The maximum Gasteiger partial charge on any atom is 0.573 e. The van der Waals surface area contributed by atoms with Crippen molar-refractivity contribution >= 4 is 5.97 Å². The van der Waals surface area contributed by atoms with Crippen molar-refractivity contribution < 1.29 is 27.4 Å². The highest BCUT2D eigenvalue weighted by molar-refractivity contribution is 5.90. The van der Waals surface area contributed by atoms with Gasteiger partial charge in [0.05, 0.1) is 23.8 Å². The summed E-state index contributed by atoms with van der Waals surface area (Å²) in [6, 6.07) is 3.77. The third-order valence-electron chi connectivity index (χ3n) is 2.22. The fourth-order valence-corrected chi connectivity index (χ4v) is 1.37. The molecule has 0 amide bonds. The number of carbonyl (C=O) groups is 1.